The lowest BCUT2D eigenvalue weighted by molar-refractivity contribution is -0.136. The number of carbonyl (C=O) groups is 1. The predicted molar refractivity (Wildman–Crippen MR) is 73.9 cm³/mol. The fourth-order valence-corrected chi connectivity index (χ4v) is 2.44. The van der Waals surface area contributed by atoms with Crippen LogP contribution < -0.4 is 15.7 Å². The molecule has 2 aromatic rings. The van der Waals surface area contributed by atoms with E-state index in [2.05, 4.69) is 5.32 Å². The number of fused-ring (bicyclic) bond motifs is 1. The molecule has 0 radical (unpaired) electrons. The van der Waals surface area contributed by atoms with Gasteiger partial charge in [0, 0.05) is 17.5 Å². The van der Waals surface area contributed by atoms with Gasteiger partial charge in [-0.3, -0.25) is 0 Å². The van der Waals surface area contributed by atoms with Gasteiger partial charge in [0.2, 0.25) is 0 Å². The number of esters is 1. The zero-order chi connectivity index (χ0) is 14.1. The molecular formula is C15H15NO4. The molecule has 0 unspecified atom stereocenters. The molecule has 1 atom stereocenters. The van der Waals surface area contributed by atoms with Crippen LogP contribution in [0.1, 0.15) is 18.4 Å². The van der Waals surface area contributed by atoms with Crippen molar-refractivity contribution in [1.82, 2.24) is 5.32 Å². The van der Waals surface area contributed by atoms with Gasteiger partial charge in [-0.25, -0.2) is 9.59 Å². The molecule has 0 bridgehead atoms. The van der Waals surface area contributed by atoms with E-state index in [1.54, 1.807) is 18.2 Å². The van der Waals surface area contributed by atoms with Crippen LogP contribution in [0.4, 0.5) is 0 Å². The van der Waals surface area contributed by atoms with Gasteiger partial charge in [-0.05, 0) is 44.0 Å². The highest BCUT2D eigenvalue weighted by Gasteiger charge is 2.24. The molecule has 0 spiro atoms. The fourth-order valence-electron chi connectivity index (χ4n) is 2.44. The topological polar surface area (TPSA) is 68.5 Å². The Morgan fingerprint density at radius 3 is 3.00 bits per heavy atom. The summed E-state index contributed by atoms with van der Waals surface area (Å²) in [5.41, 5.74) is 0.863. The van der Waals surface area contributed by atoms with Crippen molar-refractivity contribution in [2.24, 2.45) is 0 Å². The SMILES string of the molecule is Cc1cc(=O)oc2cc(OC(=O)[C@H]3CCCN3)ccc12. The summed E-state index contributed by atoms with van der Waals surface area (Å²) in [6.07, 6.45) is 1.77. The van der Waals surface area contributed by atoms with Gasteiger partial charge < -0.3 is 14.5 Å². The van der Waals surface area contributed by atoms with Gasteiger partial charge in [0.1, 0.15) is 17.4 Å². The first-order valence-corrected chi connectivity index (χ1v) is 6.63. The molecule has 1 aliphatic rings. The smallest absolute Gasteiger partial charge is 0.336 e. The quantitative estimate of drug-likeness (QED) is 0.513. The molecule has 1 aromatic heterocycles. The lowest BCUT2D eigenvalue weighted by Crippen LogP contribution is -2.34. The van der Waals surface area contributed by atoms with Crippen molar-refractivity contribution >= 4 is 16.9 Å². The van der Waals surface area contributed by atoms with Crippen LogP contribution in [-0.4, -0.2) is 18.6 Å². The van der Waals surface area contributed by atoms with E-state index >= 15 is 0 Å². The minimum absolute atomic E-state index is 0.241. The van der Waals surface area contributed by atoms with Crippen LogP contribution in [0.15, 0.2) is 33.5 Å². The van der Waals surface area contributed by atoms with Crippen molar-refractivity contribution < 1.29 is 13.9 Å². The molecule has 1 saturated heterocycles. The van der Waals surface area contributed by atoms with Crippen LogP contribution in [0.5, 0.6) is 5.75 Å². The van der Waals surface area contributed by atoms with Gasteiger partial charge >= 0.3 is 11.6 Å². The summed E-state index contributed by atoms with van der Waals surface area (Å²) in [4.78, 5) is 23.3. The summed E-state index contributed by atoms with van der Waals surface area (Å²) < 4.78 is 10.5. The Kier molecular flexibility index (Phi) is 3.28. The highest BCUT2D eigenvalue weighted by Crippen LogP contribution is 2.23. The second kappa shape index (κ2) is 5.09. The number of hydrogen-bond acceptors (Lipinski definition) is 5. The second-order valence-electron chi connectivity index (χ2n) is 4.98. The van der Waals surface area contributed by atoms with E-state index < -0.39 is 5.63 Å². The van der Waals surface area contributed by atoms with Gasteiger partial charge in [-0.15, -0.1) is 0 Å². The van der Waals surface area contributed by atoms with E-state index in [1.165, 1.54) is 6.07 Å². The number of hydrogen-bond donors (Lipinski definition) is 1. The van der Waals surface area contributed by atoms with Crippen molar-refractivity contribution in [2.75, 3.05) is 6.54 Å². The van der Waals surface area contributed by atoms with E-state index in [0.29, 0.717) is 11.3 Å². The van der Waals surface area contributed by atoms with Crippen molar-refractivity contribution in [1.29, 1.82) is 0 Å². The summed E-state index contributed by atoms with van der Waals surface area (Å²) in [6, 6.07) is 6.28. The van der Waals surface area contributed by atoms with E-state index in [1.807, 2.05) is 6.92 Å². The largest absolute Gasteiger partial charge is 0.425 e. The van der Waals surface area contributed by atoms with Crippen LogP contribution in [0.25, 0.3) is 11.0 Å². The molecule has 1 N–H and O–H groups in total. The number of rotatable bonds is 2. The molecule has 0 saturated carbocycles. The Balaban J connectivity index is 1.89. The molecule has 5 nitrogen and oxygen atoms in total. The van der Waals surface area contributed by atoms with Crippen molar-refractivity contribution in [3.8, 4) is 5.75 Å². The fraction of sp³-hybridized carbons (Fsp3) is 0.333. The summed E-state index contributed by atoms with van der Waals surface area (Å²) in [7, 11) is 0. The third kappa shape index (κ3) is 2.44. The van der Waals surface area contributed by atoms with Crippen molar-refractivity contribution in [3.63, 3.8) is 0 Å². The summed E-state index contributed by atoms with van der Waals surface area (Å²) in [5, 5.41) is 3.92. The van der Waals surface area contributed by atoms with E-state index in [0.717, 1.165) is 30.3 Å². The second-order valence-corrected chi connectivity index (χ2v) is 4.98. The number of benzene rings is 1. The normalized spacial score (nSPS) is 18.4. The van der Waals surface area contributed by atoms with Gasteiger partial charge in [0.15, 0.2) is 0 Å². The highest BCUT2D eigenvalue weighted by molar-refractivity contribution is 5.83. The first kappa shape index (κ1) is 12.9. The zero-order valence-corrected chi connectivity index (χ0v) is 11.1. The molecule has 104 valence electrons. The minimum atomic E-state index is -0.407. The molecule has 1 aliphatic heterocycles. The van der Waals surface area contributed by atoms with Gasteiger partial charge in [0.05, 0.1) is 0 Å². The zero-order valence-electron chi connectivity index (χ0n) is 11.1. The molecule has 0 amide bonds. The lowest BCUT2D eigenvalue weighted by atomic mass is 10.1. The maximum absolute atomic E-state index is 11.9. The third-order valence-electron chi connectivity index (χ3n) is 3.49. The number of nitrogens with one attached hydrogen (secondary N) is 1. The number of aryl methyl sites for hydroxylation is 1. The average Bonchev–Trinajstić information content (AvgIpc) is 2.91. The number of carbonyl (C=O) groups excluding carboxylic acids is 1. The Hall–Kier alpha value is -2.14. The number of ether oxygens (including phenoxy) is 1. The molecule has 1 aromatic carbocycles. The first-order chi connectivity index (χ1) is 9.63. The monoisotopic (exact) mass is 273 g/mol. The van der Waals surface area contributed by atoms with Crippen LogP contribution >= 0.6 is 0 Å². The average molecular weight is 273 g/mol. The Morgan fingerprint density at radius 1 is 1.40 bits per heavy atom. The molecule has 0 aliphatic carbocycles. The Morgan fingerprint density at radius 2 is 2.25 bits per heavy atom. The maximum atomic E-state index is 11.9. The summed E-state index contributed by atoms with van der Waals surface area (Å²) >= 11 is 0. The molecule has 3 rings (SSSR count). The highest BCUT2D eigenvalue weighted by atomic mass is 16.5. The maximum Gasteiger partial charge on any atom is 0.336 e. The lowest BCUT2D eigenvalue weighted by Gasteiger charge is -2.10. The van der Waals surface area contributed by atoms with Crippen molar-refractivity contribution in [2.45, 2.75) is 25.8 Å². The Bertz CT molecular complexity index is 713. The molecule has 20 heavy (non-hydrogen) atoms. The van der Waals surface area contributed by atoms with E-state index in [4.69, 9.17) is 9.15 Å². The van der Waals surface area contributed by atoms with Gasteiger partial charge in [0.25, 0.3) is 0 Å². The molecule has 1 fully saturated rings. The van der Waals surface area contributed by atoms with E-state index in [-0.39, 0.29) is 12.0 Å². The summed E-state index contributed by atoms with van der Waals surface area (Å²) in [6.45, 7) is 2.68. The predicted octanol–water partition coefficient (Wildman–Crippen LogP) is 1.76. The Labute approximate surface area is 115 Å². The first-order valence-electron chi connectivity index (χ1n) is 6.63. The van der Waals surface area contributed by atoms with Crippen molar-refractivity contribution in [3.05, 3.63) is 40.2 Å². The van der Waals surface area contributed by atoms with Crippen LogP contribution in [0, 0.1) is 6.92 Å². The van der Waals surface area contributed by atoms with E-state index in [9.17, 15) is 9.59 Å². The third-order valence-corrected chi connectivity index (χ3v) is 3.49. The molecular weight excluding hydrogens is 258 g/mol. The summed E-state index contributed by atoms with van der Waals surface area (Å²) in [5.74, 6) is 0.0989. The van der Waals surface area contributed by atoms with Crippen LogP contribution in [0.3, 0.4) is 0 Å². The van der Waals surface area contributed by atoms with Crippen LogP contribution in [-0.2, 0) is 4.79 Å². The minimum Gasteiger partial charge on any atom is -0.425 e. The molecule has 5 heteroatoms. The van der Waals surface area contributed by atoms with Crippen LogP contribution in [0.2, 0.25) is 0 Å². The standard InChI is InChI=1S/C15H15NO4/c1-9-7-14(17)20-13-8-10(4-5-11(9)13)19-15(18)12-3-2-6-16-12/h4-5,7-8,12,16H,2-3,6H2,1H3/t12-/m1/s1. The molecule has 2 heterocycles. The van der Waals surface area contributed by atoms with Gasteiger partial charge in [-0.1, -0.05) is 0 Å². The van der Waals surface area contributed by atoms with Gasteiger partial charge in [-0.2, -0.15) is 0 Å².